The Bertz CT molecular complexity index is 458. The van der Waals surface area contributed by atoms with Gasteiger partial charge in [0.25, 0.3) is 0 Å². The molecular formula is C12H13ClN2O2. The van der Waals surface area contributed by atoms with Gasteiger partial charge in [-0.3, -0.25) is 0 Å². The van der Waals surface area contributed by atoms with Crippen LogP contribution in [0.1, 0.15) is 23.2 Å². The summed E-state index contributed by atoms with van der Waals surface area (Å²) in [5.41, 5.74) is 0.183. The van der Waals surface area contributed by atoms with Gasteiger partial charge in [-0.15, -0.1) is 6.58 Å². The Morgan fingerprint density at radius 3 is 2.88 bits per heavy atom. The average Bonchev–Trinajstić information content (AvgIpc) is 3.09. The van der Waals surface area contributed by atoms with Crippen LogP contribution < -0.4 is 4.90 Å². The summed E-state index contributed by atoms with van der Waals surface area (Å²) in [4.78, 5) is 17.2. The van der Waals surface area contributed by atoms with E-state index < -0.39 is 5.97 Å². The monoisotopic (exact) mass is 252 g/mol. The van der Waals surface area contributed by atoms with E-state index in [2.05, 4.69) is 11.6 Å². The van der Waals surface area contributed by atoms with E-state index in [-0.39, 0.29) is 5.56 Å². The Morgan fingerprint density at radius 1 is 1.65 bits per heavy atom. The van der Waals surface area contributed by atoms with Crippen molar-refractivity contribution >= 4 is 23.4 Å². The van der Waals surface area contributed by atoms with Crippen molar-refractivity contribution in [2.24, 2.45) is 0 Å². The molecule has 1 N–H and O–H groups in total. The van der Waals surface area contributed by atoms with E-state index in [1.807, 2.05) is 4.90 Å². The molecule has 0 bridgehead atoms. The van der Waals surface area contributed by atoms with Gasteiger partial charge in [-0.05, 0) is 25.0 Å². The molecule has 2 rings (SSSR count). The summed E-state index contributed by atoms with van der Waals surface area (Å²) in [6.45, 7) is 4.26. The highest BCUT2D eigenvalue weighted by molar-refractivity contribution is 6.29. The van der Waals surface area contributed by atoms with E-state index >= 15 is 0 Å². The minimum absolute atomic E-state index is 0.183. The third kappa shape index (κ3) is 2.58. The second-order valence-corrected chi connectivity index (χ2v) is 4.37. The number of aromatic nitrogens is 1. The molecule has 1 fully saturated rings. The molecule has 0 aliphatic heterocycles. The van der Waals surface area contributed by atoms with Crippen LogP contribution in [0.5, 0.6) is 0 Å². The van der Waals surface area contributed by atoms with Gasteiger partial charge in [-0.2, -0.15) is 0 Å². The summed E-state index contributed by atoms with van der Waals surface area (Å²) in [5, 5.41) is 9.45. The molecule has 5 heteroatoms. The van der Waals surface area contributed by atoms with Crippen molar-refractivity contribution in [2.45, 2.75) is 18.9 Å². The maximum atomic E-state index is 11.1. The van der Waals surface area contributed by atoms with Gasteiger partial charge in [0.2, 0.25) is 0 Å². The zero-order chi connectivity index (χ0) is 12.4. The highest BCUT2D eigenvalue weighted by Crippen LogP contribution is 2.33. The van der Waals surface area contributed by atoms with Crippen molar-refractivity contribution in [3.05, 3.63) is 35.5 Å². The second-order valence-electron chi connectivity index (χ2n) is 3.98. The van der Waals surface area contributed by atoms with Crippen molar-refractivity contribution < 1.29 is 9.90 Å². The number of halogens is 1. The maximum Gasteiger partial charge on any atom is 0.339 e. The van der Waals surface area contributed by atoms with Crippen molar-refractivity contribution in [2.75, 3.05) is 11.4 Å². The molecule has 17 heavy (non-hydrogen) atoms. The van der Waals surface area contributed by atoms with E-state index in [0.717, 1.165) is 12.8 Å². The first-order chi connectivity index (χ1) is 8.13. The lowest BCUT2D eigenvalue weighted by Crippen LogP contribution is -2.28. The van der Waals surface area contributed by atoms with Crippen molar-refractivity contribution in [3.8, 4) is 0 Å². The van der Waals surface area contributed by atoms with Crippen molar-refractivity contribution in [1.29, 1.82) is 0 Å². The minimum atomic E-state index is -0.987. The predicted octanol–water partition coefficient (Wildman–Crippen LogP) is 2.59. The number of hydrogen-bond donors (Lipinski definition) is 1. The van der Waals surface area contributed by atoms with Crippen molar-refractivity contribution in [3.63, 3.8) is 0 Å². The fourth-order valence-electron chi connectivity index (χ4n) is 1.74. The Kier molecular flexibility index (Phi) is 3.33. The van der Waals surface area contributed by atoms with Crippen LogP contribution in [0.3, 0.4) is 0 Å². The van der Waals surface area contributed by atoms with Gasteiger partial charge in [-0.25, -0.2) is 9.78 Å². The average molecular weight is 253 g/mol. The van der Waals surface area contributed by atoms with Gasteiger partial charge in [0, 0.05) is 12.6 Å². The van der Waals surface area contributed by atoms with Gasteiger partial charge in [0.05, 0.1) is 0 Å². The lowest BCUT2D eigenvalue weighted by atomic mass is 10.2. The second kappa shape index (κ2) is 4.75. The summed E-state index contributed by atoms with van der Waals surface area (Å²) in [6.07, 6.45) is 3.86. The topological polar surface area (TPSA) is 53.4 Å². The molecule has 4 nitrogen and oxygen atoms in total. The van der Waals surface area contributed by atoms with Crippen LogP contribution in [0.2, 0.25) is 5.15 Å². The summed E-state index contributed by atoms with van der Waals surface area (Å²) in [7, 11) is 0. The fourth-order valence-corrected chi connectivity index (χ4v) is 1.89. The molecule has 90 valence electrons. The summed E-state index contributed by atoms with van der Waals surface area (Å²) >= 11 is 5.83. The van der Waals surface area contributed by atoms with Crippen LogP contribution in [0.15, 0.2) is 24.8 Å². The van der Waals surface area contributed by atoms with E-state index in [1.54, 1.807) is 6.08 Å². The molecular weight excluding hydrogens is 240 g/mol. The van der Waals surface area contributed by atoms with Crippen LogP contribution in [0.4, 0.5) is 5.82 Å². The molecule has 0 aromatic carbocycles. The van der Waals surface area contributed by atoms with Crippen LogP contribution in [-0.2, 0) is 0 Å². The Labute approximate surface area is 105 Å². The quantitative estimate of drug-likeness (QED) is 0.646. The van der Waals surface area contributed by atoms with Gasteiger partial charge in [-0.1, -0.05) is 17.7 Å². The van der Waals surface area contributed by atoms with Gasteiger partial charge < -0.3 is 10.0 Å². The van der Waals surface area contributed by atoms with E-state index in [0.29, 0.717) is 23.6 Å². The van der Waals surface area contributed by atoms with Gasteiger partial charge >= 0.3 is 5.97 Å². The summed E-state index contributed by atoms with van der Waals surface area (Å²) in [6, 6.07) is 3.34. The molecule has 1 aromatic heterocycles. The Morgan fingerprint density at radius 2 is 2.35 bits per heavy atom. The number of rotatable bonds is 5. The molecule has 1 aliphatic carbocycles. The Hall–Kier alpha value is -1.55. The number of nitrogens with zero attached hydrogens (tertiary/aromatic N) is 2. The number of carboxylic acid groups (broad SMARTS) is 1. The Balaban J connectivity index is 2.42. The number of carbonyl (C=O) groups is 1. The first kappa shape index (κ1) is 11.9. The van der Waals surface area contributed by atoms with E-state index in [1.165, 1.54) is 12.1 Å². The first-order valence-electron chi connectivity index (χ1n) is 5.41. The van der Waals surface area contributed by atoms with Gasteiger partial charge in [0.1, 0.15) is 16.5 Å². The molecule has 0 saturated heterocycles. The maximum absolute atomic E-state index is 11.1. The smallest absolute Gasteiger partial charge is 0.339 e. The van der Waals surface area contributed by atoms with Crippen molar-refractivity contribution in [1.82, 2.24) is 4.98 Å². The molecule has 0 atom stereocenters. The molecule has 0 radical (unpaired) electrons. The standard InChI is InChI=1S/C12H13ClN2O2/c1-2-7-15(8-3-4-8)11-9(12(16)17)5-6-10(13)14-11/h2,5-6,8H,1,3-4,7H2,(H,16,17). The molecule has 0 unspecified atom stereocenters. The first-order valence-corrected chi connectivity index (χ1v) is 5.78. The number of hydrogen-bond acceptors (Lipinski definition) is 3. The van der Waals surface area contributed by atoms with Crippen LogP contribution in [-0.4, -0.2) is 28.6 Å². The molecule has 1 aromatic rings. The zero-order valence-electron chi connectivity index (χ0n) is 9.27. The van der Waals surface area contributed by atoms with Crippen LogP contribution in [0, 0.1) is 0 Å². The highest BCUT2D eigenvalue weighted by atomic mass is 35.5. The minimum Gasteiger partial charge on any atom is -0.478 e. The number of aromatic carboxylic acids is 1. The van der Waals surface area contributed by atoms with Crippen LogP contribution in [0.25, 0.3) is 0 Å². The lowest BCUT2D eigenvalue weighted by molar-refractivity contribution is 0.0697. The molecule has 0 amide bonds. The largest absolute Gasteiger partial charge is 0.478 e. The van der Waals surface area contributed by atoms with Gasteiger partial charge in [0.15, 0.2) is 0 Å². The summed E-state index contributed by atoms with van der Waals surface area (Å²) in [5.74, 6) is -0.550. The molecule has 1 aliphatic rings. The molecule has 0 spiro atoms. The highest BCUT2D eigenvalue weighted by Gasteiger charge is 2.31. The van der Waals surface area contributed by atoms with E-state index in [9.17, 15) is 4.79 Å². The third-order valence-electron chi connectivity index (χ3n) is 2.66. The summed E-state index contributed by atoms with van der Waals surface area (Å²) < 4.78 is 0. The fraction of sp³-hybridized carbons (Fsp3) is 0.333. The number of anilines is 1. The normalized spacial score (nSPS) is 14.4. The third-order valence-corrected chi connectivity index (χ3v) is 2.87. The molecule has 1 saturated carbocycles. The molecule has 1 heterocycles. The number of carboxylic acids is 1. The predicted molar refractivity (Wildman–Crippen MR) is 66.8 cm³/mol. The number of pyridine rings is 1. The van der Waals surface area contributed by atoms with Crippen LogP contribution >= 0.6 is 11.6 Å². The zero-order valence-corrected chi connectivity index (χ0v) is 10.0. The SMILES string of the molecule is C=CCN(c1nc(Cl)ccc1C(=O)O)C1CC1. The lowest BCUT2D eigenvalue weighted by Gasteiger charge is -2.23. The van der Waals surface area contributed by atoms with E-state index in [4.69, 9.17) is 16.7 Å².